The van der Waals surface area contributed by atoms with E-state index in [4.69, 9.17) is 46.4 Å². The second-order valence-corrected chi connectivity index (χ2v) is 9.40. The number of rotatable bonds is 3. The summed E-state index contributed by atoms with van der Waals surface area (Å²) in [6.45, 7) is 4.42. The van der Waals surface area contributed by atoms with Gasteiger partial charge in [0.05, 0.1) is 10.7 Å². The summed E-state index contributed by atoms with van der Waals surface area (Å²) in [5, 5.41) is 2.97. The summed E-state index contributed by atoms with van der Waals surface area (Å²) in [7, 11) is 0. The molecule has 5 nitrogen and oxygen atoms in total. The molecule has 1 heterocycles. The number of carbonyl (C=O) groups is 2. The molecule has 0 unspecified atom stereocenters. The van der Waals surface area contributed by atoms with E-state index >= 15 is 0 Å². The van der Waals surface area contributed by atoms with Gasteiger partial charge in [-0.15, -0.1) is 0 Å². The number of hydrogen-bond donors (Lipinski definition) is 1. The molecule has 0 aromatic heterocycles. The first-order valence-corrected chi connectivity index (χ1v) is 10.5. The standard InChI is InChI=1S/C20H19Cl4N3O2/c1-13-4-2-3-5-15(13)18(28)27-10-8-26(9-11-27)17-7-6-14(12-16(17)21)25-19(29)20(22,23)24/h2-7,12H,8-11H2,1H3,(H,25,29). The van der Waals surface area contributed by atoms with Gasteiger partial charge in [-0.1, -0.05) is 64.6 Å². The van der Waals surface area contributed by atoms with Crippen LogP contribution in [0.4, 0.5) is 11.4 Å². The average Bonchev–Trinajstić information content (AvgIpc) is 2.67. The number of amides is 2. The van der Waals surface area contributed by atoms with Crippen LogP contribution in [0.5, 0.6) is 0 Å². The summed E-state index contributed by atoms with van der Waals surface area (Å²) in [4.78, 5) is 28.5. The van der Waals surface area contributed by atoms with E-state index in [2.05, 4.69) is 10.2 Å². The van der Waals surface area contributed by atoms with Gasteiger partial charge in [0.2, 0.25) is 0 Å². The Balaban J connectivity index is 1.64. The lowest BCUT2D eigenvalue weighted by molar-refractivity contribution is -0.115. The maximum Gasteiger partial charge on any atom is 0.276 e. The number of halogens is 4. The Bertz CT molecular complexity index is 922. The normalized spacial score (nSPS) is 14.7. The third-order valence-corrected chi connectivity index (χ3v) is 5.56. The molecule has 0 radical (unpaired) electrons. The van der Waals surface area contributed by atoms with E-state index in [1.807, 2.05) is 36.1 Å². The Morgan fingerprint density at radius 3 is 2.24 bits per heavy atom. The summed E-state index contributed by atoms with van der Waals surface area (Å²) >= 11 is 23.1. The van der Waals surface area contributed by atoms with E-state index in [9.17, 15) is 9.59 Å². The summed E-state index contributed by atoms with van der Waals surface area (Å²) in [5.74, 6) is -0.715. The van der Waals surface area contributed by atoms with Crippen LogP contribution in [0.3, 0.4) is 0 Å². The van der Waals surface area contributed by atoms with Gasteiger partial charge in [0.15, 0.2) is 0 Å². The van der Waals surface area contributed by atoms with Crippen molar-refractivity contribution in [3.05, 3.63) is 58.6 Å². The van der Waals surface area contributed by atoms with Crippen molar-refractivity contribution in [1.82, 2.24) is 4.90 Å². The Kier molecular flexibility index (Phi) is 6.84. The second kappa shape index (κ2) is 9.00. The van der Waals surface area contributed by atoms with Gasteiger partial charge in [-0.3, -0.25) is 9.59 Å². The lowest BCUT2D eigenvalue weighted by Gasteiger charge is -2.36. The van der Waals surface area contributed by atoms with E-state index < -0.39 is 9.70 Å². The smallest absolute Gasteiger partial charge is 0.276 e. The summed E-state index contributed by atoms with van der Waals surface area (Å²) in [6.07, 6.45) is 0. The maximum atomic E-state index is 12.8. The molecule has 0 saturated carbocycles. The fourth-order valence-corrected chi connectivity index (χ4v) is 3.62. The molecule has 2 aromatic carbocycles. The van der Waals surface area contributed by atoms with Crippen LogP contribution >= 0.6 is 46.4 Å². The van der Waals surface area contributed by atoms with Crippen molar-refractivity contribution in [2.45, 2.75) is 10.7 Å². The SMILES string of the molecule is Cc1ccccc1C(=O)N1CCN(c2ccc(NC(=O)C(Cl)(Cl)Cl)cc2Cl)CC1. The molecule has 1 saturated heterocycles. The van der Waals surface area contributed by atoms with Gasteiger partial charge >= 0.3 is 0 Å². The quantitative estimate of drug-likeness (QED) is 0.642. The highest BCUT2D eigenvalue weighted by Crippen LogP contribution is 2.32. The Morgan fingerprint density at radius 2 is 1.66 bits per heavy atom. The van der Waals surface area contributed by atoms with Crippen LogP contribution in [0.2, 0.25) is 5.02 Å². The van der Waals surface area contributed by atoms with Gasteiger partial charge in [0.1, 0.15) is 0 Å². The van der Waals surface area contributed by atoms with Gasteiger partial charge in [-0.05, 0) is 36.8 Å². The van der Waals surface area contributed by atoms with Crippen LogP contribution in [-0.4, -0.2) is 46.7 Å². The van der Waals surface area contributed by atoms with Crippen molar-refractivity contribution >= 4 is 69.6 Å². The predicted molar refractivity (Wildman–Crippen MR) is 120 cm³/mol. The van der Waals surface area contributed by atoms with E-state index in [1.54, 1.807) is 18.2 Å². The molecular formula is C20H19Cl4N3O2. The third kappa shape index (κ3) is 5.28. The van der Waals surface area contributed by atoms with E-state index in [1.165, 1.54) is 0 Å². The maximum absolute atomic E-state index is 12.8. The lowest BCUT2D eigenvalue weighted by Crippen LogP contribution is -2.49. The molecule has 1 N–H and O–H groups in total. The minimum Gasteiger partial charge on any atom is -0.367 e. The number of hydrogen-bond acceptors (Lipinski definition) is 3. The van der Waals surface area contributed by atoms with Crippen LogP contribution in [0.1, 0.15) is 15.9 Å². The molecule has 0 atom stereocenters. The van der Waals surface area contributed by atoms with Crippen molar-refractivity contribution in [2.24, 2.45) is 0 Å². The number of benzene rings is 2. The lowest BCUT2D eigenvalue weighted by atomic mass is 10.1. The number of nitrogens with zero attached hydrogens (tertiary/aromatic N) is 2. The molecule has 1 aliphatic heterocycles. The first-order chi connectivity index (χ1) is 13.7. The summed E-state index contributed by atoms with van der Waals surface area (Å²) < 4.78 is -2.05. The zero-order valence-electron chi connectivity index (χ0n) is 15.6. The van der Waals surface area contributed by atoms with Gasteiger partial charge in [-0.25, -0.2) is 0 Å². The van der Waals surface area contributed by atoms with Crippen LogP contribution in [0.15, 0.2) is 42.5 Å². The fourth-order valence-electron chi connectivity index (χ4n) is 3.18. The highest BCUT2D eigenvalue weighted by molar-refractivity contribution is 6.76. The molecule has 154 valence electrons. The number of aryl methyl sites for hydroxylation is 1. The highest BCUT2D eigenvalue weighted by atomic mass is 35.6. The van der Waals surface area contributed by atoms with E-state index in [0.717, 1.165) is 16.8 Å². The molecule has 0 spiro atoms. The van der Waals surface area contributed by atoms with Crippen molar-refractivity contribution < 1.29 is 9.59 Å². The summed E-state index contributed by atoms with van der Waals surface area (Å²) in [6, 6.07) is 12.7. The van der Waals surface area contributed by atoms with E-state index in [0.29, 0.717) is 36.9 Å². The van der Waals surface area contributed by atoms with Gasteiger partial charge in [0, 0.05) is 37.4 Å². The number of piperazine rings is 1. The molecule has 1 fully saturated rings. The van der Waals surface area contributed by atoms with Crippen LogP contribution in [-0.2, 0) is 4.79 Å². The number of nitrogens with one attached hydrogen (secondary N) is 1. The van der Waals surface area contributed by atoms with Gasteiger partial charge < -0.3 is 15.1 Å². The first-order valence-electron chi connectivity index (χ1n) is 8.94. The monoisotopic (exact) mass is 473 g/mol. The van der Waals surface area contributed by atoms with Crippen molar-refractivity contribution in [3.8, 4) is 0 Å². The number of alkyl halides is 3. The van der Waals surface area contributed by atoms with Gasteiger partial charge in [0.25, 0.3) is 15.6 Å². The molecular weight excluding hydrogens is 456 g/mol. The molecule has 0 bridgehead atoms. The zero-order valence-corrected chi connectivity index (χ0v) is 18.6. The fraction of sp³-hybridized carbons (Fsp3) is 0.300. The molecule has 1 aliphatic rings. The van der Waals surface area contributed by atoms with Crippen molar-refractivity contribution in [1.29, 1.82) is 0 Å². The van der Waals surface area contributed by atoms with Crippen LogP contribution < -0.4 is 10.2 Å². The topological polar surface area (TPSA) is 52.7 Å². The first kappa shape index (κ1) is 22.0. The van der Waals surface area contributed by atoms with Crippen LogP contribution in [0.25, 0.3) is 0 Å². The largest absolute Gasteiger partial charge is 0.367 e. The van der Waals surface area contributed by atoms with Crippen molar-refractivity contribution in [3.63, 3.8) is 0 Å². The Labute approximate surface area is 189 Å². The highest BCUT2D eigenvalue weighted by Gasteiger charge is 2.31. The Hall–Kier alpha value is -1.66. The van der Waals surface area contributed by atoms with Crippen molar-refractivity contribution in [2.75, 3.05) is 36.4 Å². The number of carbonyl (C=O) groups excluding carboxylic acids is 2. The Morgan fingerprint density at radius 1 is 1.00 bits per heavy atom. The second-order valence-electron chi connectivity index (χ2n) is 6.71. The van der Waals surface area contributed by atoms with Gasteiger partial charge in [-0.2, -0.15) is 0 Å². The predicted octanol–water partition coefficient (Wildman–Crippen LogP) is 4.92. The minimum absolute atomic E-state index is 0.0404. The molecule has 3 rings (SSSR count). The molecule has 0 aliphatic carbocycles. The summed E-state index contributed by atoms with van der Waals surface area (Å²) in [5.41, 5.74) is 2.95. The minimum atomic E-state index is -2.05. The number of anilines is 2. The molecule has 29 heavy (non-hydrogen) atoms. The zero-order chi connectivity index (χ0) is 21.2. The average molecular weight is 475 g/mol. The molecule has 2 aromatic rings. The van der Waals surface area contributed by atoms with Crippen LogP contribution in [0, 0.1) is 6.92 Å². The third-order valence-electron chi connectivity index (χ3n) is 4.75. The molecule has 2 amide bonds. The molecule has 9 heteroatoms. The van der Waals surface area contributed by atoms with E-state index in [-0.39, 0.29) is 5.91 Å².